The van der Waals surface area contributed by atoms with Crippen LogP contribution in [-0.4, -0.2) is 30.3 Å². The Morgan fingerprint density at radius 1 is 1.32 bits per heavy atom. The maximum atomic E-state index is 12.4. The summed E-state index contributed by atoms with van der Waals surface area (Å²) in [5.41, 5.74) is 7.98. The molecule has 0 spiro atoms. The Labute approximate surface area is 155 Å². The van der Waals surface area contributed by atoms with Crippen LogP contribution < -0.4 is 11.1 Å². The largest absolute Gasteiger partial charge is 0.365 e. The molecular weight excluding hydrogens is 358 g/mol. The van der Waals surface area contributed by atoms with Gasteiger partial charge in [0.05, 0.1) is 12.1 Å². The van der Waals surface area contributed by atoms with Gasteiger partial charge in [-0.05, 0) is 43.5 Å². The van der Waals surface area contributed by atoms with Gasteiger partial charge in [0.25, 0.3) is 5.91 Å². The van der Waals surface area contributed by atoms with Gasteiger partial charge >= 0.3 is 0 Å². The summed E-state index contributed by atoms with van der Waals surface area (Å²) < 4.78 is 0. The van der Waals surface area contributed by atoms with Crippen molar-refractivity contribution < 1.29 is 9.59 Å². The molecule has 5 nitrogen and oxygen atoms in total. The fourth-order valence-corrected chi connectivity index (χ4v) is 4.64. The third-order valence-corrected chi connectivity index (χ3v) is 5.81. The number of anilines is 1. The lowest BCUT2D eigenvalue weighted by Gasteiger charge is -2.17. The molecule has 0 unspecified atom stereocenters. The first-order valence-electron chi connectivity index (χ1n) is 8.12. The SMILES string of the molecule is CN(CC(=O)Nc1sc2c(c1C(N)=O)CCC2)Cc1ccccc1Cl. The summed E-state index contributed by atoms with van der Waals surface area (Å²) >= 11 is 7.62. The average molecular weight is 378 g/mol. The molecular formula is C18H20ClN3O2S. The monoisotopic (exact) mass is 377 g/mol. The molecule has 0 saturated heterocycles. The second-order valence-electron chi connectivity index (χ2n) is 6.24. The van der Waals surface area contributed by atoms with Crippen LogP contribution in [0, 0.1) is 0 Å². The number of hydrogen-bond acceptors (Lipinski definition) is 4. The molecule has 2 amide bonds. The number of carbonyl (C=O) groups is 2. The Morgan fingerprint density at radius 2 is 2.08 bits per heavy atom. The van der Waals surface area contributed by atoms with Gasteiger partial charge in [-0.1, -0.05) is 29.8 Å². The van der Waals surface area contributed by atoms with Crippen molar-refractivity contribution in [1.29, 1.82) is 0 Å². The highest BCUT2D eigenvalue weighted by Gasteiger charge is 2.26. The Balaban J connectivity index is 1.65. The van der Waals surface area contributed by atoms with Gasteiger partial charge in [-0.2, -0.15) is 0 Å². The number of hydrogen-bond donors (Lipinski definition) is 2. The Kier molecular flexibility index (Phi) is 5.42. The number of thiophene rings is 1. The van der Waals surface area contributed by atoms with Crippen molar-refractivity contribution in [1.82, 2.24) is 4.90 Å². The Bertz CT molecular complexity index is 819. The number of nitrogens with two attached hydrogens (primary N) is 1. The van der Waals surface area contributed by atoms with Crippen LogP contribution in [-0.2, 0) is 24.2 Å². The number of amides is 2. The van der Waals surface area contributed by atoms with Gasteiger partial charge in [0.1, 0.15) is 5.00 Å². The van der Waals surface area contributed by atoms with E-state index in [1.165, 1.54) is 11.3 Å². The lowest BCUT2D eigenvalue weighted by atomic mass is 10.1. The molecule has 1 aliphatic rings. The zero-order valence-electron chi connectivity index (χ0n) is 14.0. The van der Waals surface area contributed by atoms with E-state index in [1.54, 1.807) is 0 Å². The number of nitrogens with one attached hydrogen (secondary N) is 1. The third-order valence-electron chi connectivity index (χ3n) is 4.23. The molecule has 3 N–H and O–H groups in total. The van der Waals surface area contributed by atoms with Crippen LogP contribution in [0.1, 0.15) is 32.8 Å². The standard InChI is InChI=1S/C18H20ClN3O2S/c1-22(9-11-5-2-3-7-13(11)19)10-15(23)21-18-16(17(20)24)12-6-4-8-14(12)25-18/h2-3,5,7H,4,6,8-10H2,1H3,(H2,20,24)(H,21,23). The number of halogens is 1. The third kappa shape index (κ3) is 4.03. The van der Waals surface area contributed by atoms with Crippen LogP contribution in [0.3, 0.4) is 0 Å². The number of primary amides is 1. The van der Waals surface area contributed by atoms with Gasteiger partial charge in [-0.25, -0.2) is 0 Å². The normalized spacial score (nSPS) is 13.1. The topological polar surface area (TPSA) is 75.4 Å². The molecule has 25 heavy (non-hydrogen) atoms. The van der Waals surface area contributed by atoms with Gasteiger partial charge in [-0.15, -0.1) is 11.3 Å². The van der Waals surface area contributed by atoms with E-state index in [9.17, 15) is 9.59 Å². The molecule has 1 aromatic carbocycles. The molecule has 0 aliphatic heterocycles. The molecule has 132 valence electrons. The van der Waals surface area contributed by atoms with Gasteiger partial charge < -0.3 is 11.1 Å². The average Bonchev–Trinajstić information content (AvgIpc) is 3.09. The molecule has 1 aromatic heterocycles. The maximum absolute atomic E-state index is 12.4. The zero-order chi connectivity index (χ0) is 18.0. The highest BCUT2D eigenvalue weighted by molar-refractivity contribution is 7.17. The highest BCUT2D eigenvalue weighted by Crippen LogP contribution is 2.38. The minimum Gasteiger partial charge on any atom is -0.365 e. The molecule has 7 heteroatoms. The lowest BCUT2D eigenvalue weighted by molar-refractivity contribution is -0.117. The molecule has 0 saturated carbocycles. The first kappa shape index (κ1) is 17.9. The number of fused-ring (bicyclic) bond motifs is 1. The molecule has 0 bridgehead atoms. The van der Waals surface area contributed by atoms with E-state index >= 15 is 0 Å². The van der Waals surface area contributed by atoms with Crippen molar-refractivity contribution in [2.75, 3.05) is 18.9 Å². The van der Waals surface area contributed by atoms with E-state index in [1.807, 2.05) is 36.2 Å². The zero-order valence-corrected chi connectivity index (χ0v) is 15.5. The number of aryl methyl sites for hydroxylation is 1. The minimum atomic E-state index is -0.473. The summed E-state index contributed by atoms with van der Waals surface area (Å²) in [5.74, 6) is -0.643. The molecule has 3 rings (SSSR count). The summed E-state index contributed by atoms with van der Waals surface area (Å²) in [6.45, 7) is 0.767. The van der Waals surface area contributed by atoms with Crippen LogP contribution in [0.25, 0.3) is 0 Å². The smallest absolute Gasteiger partial charge is 0.251 e. The van der Waals surface area contributed by atoms with E-state index in [2.05, 4.69) is 5.32 Å². The van der Waals surface area contributed by atoms with Crippen LogP contribution in [0.15, 0.2) is 24.3 Å². The molecule has 0 fully saturated rings. The fourth-order valence-electron chi connectivity index (χ4n) is 3.14. The van der Waals surface area contributed by atoms with Crippen LogP contribution in [0.2, 0.25) is 5.02 Å². The van der Waals surface area contributed by atoms with E-state index in [0.29, 0.717) is 22.1 Å². The van der Waals surface area contributed by atoms with Gasteiger partial charge in [0.15, 0.2) is 0 Å². The summed E-state index contributed by atoms with van der Waals surface area (Å²) in [6, 6.07) is 7.56. The number of rotatable bonds is 6. The molecule has 1 aliphatic carbocycles. The maximum Gasteiger partial charge on any atom is 0.251 e. The van der Waals surface area contributed by atoms with Crippen molar-refractivity contribution in [3.63, 3.8) is 0 Å². The Hall–Kier alpha value is -1.89. The summed E-state index contributed by atoms with van der Waals surface area (Å²) in [7, 11) is 1.85. The first-order valence-corrected chi connectivity index (χ1v) is 9.31. The summed E-state index contributed by atoms with van der Waals surface area (Å²) in [5, 5.41) is 4.11. The van der Waals surface area contributed by atoms with Crippen molar-refractivity contribution >= 4 is 39.8 Å². The number of carbonyl (C=O) groups excluding carboxylic acids is 2. The van der Waals surface area contributed by atoms with Crippen LogP contribution in [0.5, 0.6) is 0 Å². The summed E-state index contributed by atoms with van der Waals surface area (Å²) in [6.07, 6.45) is 2.84. The van der Waals surface area contributed by atoms with Crippen LogP contribution in [0.4, 0.5) is 5.00 Å². The summed E-state index contributed by atoms with van der Waals surface area (Å²) in [4.78, 5) is 27.2. The number of likely N-dealkylation sites (N-methyl/N-ethyl adjacent to an activating group) is 1. The van der Waals surface area contributed by atoms with Crippen LogP contribution >= 0.6 is 22.9 Å². The van der Waals surface area contributed by atoms with Gasteiger partial charge in [0, 0.05) is 16.4 Å². The van der Waals surface area contributed by atoms with Crippen molar-refractivity contribution in [3.05, 3.63) is 50.9 Å². The van der Waals surface area contributed by atoms with Gasteiger partial charge in [0.2, 0.25) is 5.91 Å². The predicted octanol–water partition coefficient (Wildman–Crippen LogP) is 3.06. The van der Waals surface area contributed by atoms with Gasteiger partial charge in [-0.3, -0.25) is 14.5 Å². The van der Waals surface area contributed by atoms with Crippen molar-refractivity contribution in [3.8, 4) is 0 Å². The second-order valence-corrected chi connectivity index (χ2v) is 7.75. The molecule has 2 aromatic rings. The van der Waals surface area contributed by atoms with E-state index in [-0.39, 0.29) is 12.5 Å². The number of nitrogens with zero attached hydrogens (tertiary/aromatic N) is 1. The minimum absolute atomic E-state index is 0.169. The first-order chi connectivity index (χ1) is 12.0. The molecule has 0 atom stereocenters. The fraction of sp³-hybridized carbons (Fsp3) is 0.333. The molecule has 1 heterocycles. The van der Waals surface area contributed by atoms with E-state index in [4.69, 9.17) is 17.3 Å². The number of benzene rings is 1. The van der Waals surface area contributed by atoms with Crippen molar-refractivity contribution in [2.24, 2.45) is 5.73 Å². The van der Waals surface area contributed by atoms with E-state index < -0.39 is 5.91 Å². The predicted molar refractivity (Wildman–Crippen MR) is 101 cm³/mol. The van der Waals surface area contributed by atoms with Crippen molar-refractivity contribution in [2.45, 2.75) is 25.8 Å². The quantitative estimate of drug-likeness (QED) is 0.812. The second kappa shape index (κ2) is 7.56. The molecule has 0 radical (unpaired) electrons. The van der Waals surface area contributed by atoms with E-state index in [0.717, 1.165) is 35.3 Å². The lowest BCUT2D eigenvalue weighted by Crippen LogP contribution is -2.30. The Morgan fingerprint density at radius 3 is 2.80 bits per heavy atom. The highest BCUT2D eigenvalue weighted by atomic mass is 35.5.